The summed E-state index contributed by atoms with van der Waals surface area (Å²) in [6.45, 7) is 2.49. The van der Waals surface area contributed by atoms with Crippen molar-refractivity contribution in [3.63, 3.8) is 0 Å². The fourth-order valence-electron chi connectivity index (χ4n) is 2.93. The molecule has 2 unspecified atom stereocenters. The molecule has 2 atom stereocenters. The highest BCUT2D eigenvalue weighted by Crippen LogP contribution is 2.26. The molecule has 1 aromatic carbocycles. The van der Waals surface area contributed by atoms with Crippen LogP contribution in [0, 0.1) is 17.0 Å². The second-order valence-electron chi connectivity index (χ2n) is 5.48. The van der Waals surface area contributed by atoms with Crippen molar-refractivity contribution in [2.24, 2.45) is 5.73 Å². The number of ether oxygens (including phenoxy) is 1. The Labute approximate surface area is 129 Å². The smallest absolute Gasteiger partial charge is 0.273 e. The quantitative estimate of drug-likeness (QED) is 0.671. The number of hydrogen-bond acceptors (Lipinski definition) is 5. The minimum absolute atomic E-state index is 0.0399. The second kappa shape index (κ2) is 6.85. The Hall–Kier alpha value is -1.99. The van der Waals surface area contributed by atoms with Crippen LogP contribution < -0.4 is 5.73 Å². The first-order valence-electron chi connectivity index (χ1n) is 7.27. The molecule has 1 saturated heterocycles. The molecule has 22 heavy (non-hydrogen) atoms. The number of hydrogen-bond donors (Lipinski definition) is 1. The van der Waals surface area contributed by atoms with Gasteiger partial charge in [-0.25, -0.2) is 0 Å². The van der Waals surface area contributed by atoms with Gasteiger partial charge in [0.25, 0.3) is 11.6 Å². The maximum Gasteiger partial charge on any atom is 0.273 e. The van der Waals surface area contributed by atoms with Crippen LogP contribution >= 0.6 is 0 Å². The molecule has 7 nitrogen and oxygen atoms in total. The third-order valence-corrected chi connectivity index (χ3v) is 4.27. The van der Waals surface area contributed by atoms with E-state index in [9.17, 15) is 14.9 Å². The highest BCUT2D eigenvalue weighted by molar-refractivity contribution is 5.96. The number of amides is 1. The van der Waals surface area contributed by atoms with Crippen molar-refractivity contribution in [3.8, 4) is 0 Å². The van der Waals surface area contributed by atoms with Gasteiger partial charge in [-0.1, -0.05) is 6.07 Å². The first kappa shape index (κ1) is 16.4. The van der Waals surface area contributed by atoms with E-state index in [1.165, 1.54) is 12.1 Å². The number of piperidine rings is 1. The van der Waals surface area contributed by atoms with Crippen LogP contribution in [0.4, 0.5) is 5.69 Å². The molecule has 1 fully saturated rings. The number of benzene rings is 1. The highest BCUT2D eigenvalue weighted by atomic mass is 16.6. The van der Waals surface area contributed by atoms with Crippen LogP contribution in [-0.4, -0.2) is 48.1 Å². The standard InChI is InChI=1S/C15H21N3O4/c1-10-13(4-3-5-14(10)18(20)21)15(19)17-7-6-12(22-2)8-11(17)9-16/h3-5,11-12H,6-9,16H2,1-2H3. The van der Waals surface area contributed by atoms with Crippen molar-refractivity contribution in [3.05, 3.63) is 39.4 Å². The minimum atomic E-state index is -0.469. The van der Waals surface area contributed by atoms with Crippen LogP contribution in [0.1, 0.15) is 28.8 Å². The van der Waals surface area contributed by atoms with Crippen LogP contribution in [-0.2, 0) is 4.74 Å². The first-order chi connectivity index (χ1) is 10.5. The SMILES string of the molecule is COC1CCN(C(=O)c2cccc([N+](=O)[O-])c2C)C(CN)C1. The Kier molecular flexibility index (Phi) is 5.10. The molecule has 1 aliphatic rings. The molecule has 0 saturated carbocycles. The lowest BCUT2D eigenvalue weighted by atomic mass is 9.97. The van der Waals surface area contributed by atoms with E-state index in [1.807, 2.05) is 0 Å². The van der Waals surface area contributed by atoms with E-state index in [0.717, 1.165) is 6.42 Å². The van der Waals surface area contributed by atoms with Gasteiger partial charge in [0.05, 0.1) is 11.0 Å². The Balaban J connectivity index is 2.28. The van der Waals surface area contributed by atoms with Gasteiger partial charge in [-0.3, -0.25) is 14.9 Å². The summed E-state index contributed by atoms with van der Waals surface area (Å²) < 4.78 is 5.35. The first-order valence-corrected chi connectivity index (χ1v) is 7.27. The molecular formula is C15H21N3O4. The second-order valence-corrected chi connectivity index (χ2v) is 5.48. The molecule has 1 heterocycles. The molecule has 7 heteroatoms. The van der Waals surface area contributed by atoms with Crippen molar-refractivity contribution >= 4 is 11.6 Å². The molecule has 0 radical (unpaired) electrons. The fourth-order valence-corrected chi connectivity index (χ4v) is 2.93. The van der Waals surface area contributed by atoms with Gasteiger partial charge >= 0.3 is 0 Å². The van der Waals surface area contributed by atoms with Crippen LogP contribution in [0.3, 0.4) is 0 Å². The number of nitrogens with two attached hydrogens (primary N) is 1. The van der Waals surface area contributed by atoms with Crippen molar-refractivity contribution in [2.75, 3.05) is 20.2 Å². The number of nitrogens with zero attached hydrogens (tertiary/aromatic N) is 2. The average molecular weight is 307 g/mol. The van der Waals surface area contributed by atoms with E-state index in [-0.39, 0.29) is 23.7 Å². The summed E-state index contributed by atoms with van der Waals surface area (Å²) in [5.41, 5.74) is 6.50. The molecule has 1 aromatic rings. The largest absolute Gasteiger partial charge is 0.381 e. The molecule has 0 spiro atoms. The predicted octanol–water partition coefficient (Wildman–Crippen LogP) is 1.48. The summed E-state index contributed by atoms with van der Waals surface area (Å²) >= 11 is 0. The summed E-state index contributed by atoms with van der Waals surface area (Å²) in [6.07, 6.45) is 1.53. The fraction of sp³-hybridized carbons (Fsp3) is 0.533. The molecule has 2 rings (SSSR count). The monoisotopic (exact) mass is 307 g/mol. The molecule has 2 N–H and O–H groups in total. The van der Waals surface area contributed by atoms with Gasteiger partial charge < -0.3 is 15.4 Å². The highest BCUT2D eigenvalue weighted by Gasteiger charge is 2.32. The molecule has 0 bridgehead atoms. The van der Waals surface area contributed by atoms with E-state index >= 15 is 0 Å². The molecular weight excluding hydrogens is 286 g/mol. The summed E-state index contributed by atoms with van der Waals surface area (Å²) in [6, 6.07) is 4.46. The van der Waals surface area contributed by atoms with E-state index in [4.69, 9.17) is 10.5 Å². The number of nitro benzene ring substituents is 1. The molecule has 120 valence electrons. The topological polar surface area (TPSA) is 98.7 Å². The van der Waals surface area contributed by atoms with Crippen LogP contribution in [0.2, 0.25) is 0 Å². The Morgan fingerprint density at radius 1 is 1.55 bits per heavy atom. The van der Waals surface area contributed by atoms with E-state index in [2.05, 4.69) is 0 Å². The molecule has 1 amide bonds. The Morgan fingerprint density at radius 3 is 2.86 bits per heavy atom. The van der Waals surface area contributed by atoms with Crippen molar-refractivity contribution in [1.29, 1.82) is 0 Å². The third kappa shape index (κ3) is 3.10. The summed E-state index contributed by atoms with van der Waals surface area (Å²) in [5, 5.41) is 11.0. The van der Waals surface area contributed by atoms with E-state index < -0.39 is 4.92 Å². The molecule has 0 aliphatic carbocycles. The van der Waals surface area contributed by atoms with E-state index in [0.29, 0.717) is 30.6 Å². The summed E-state index contributed by atoms with van der Waals surface area (Å²) in [7, 11) is 1.65. The number of carbonyl (C=O) groups excluding carboxylic acids is 1. The van der Waals surface area contributed by atoms with Gasteiger partial charge in [-0.05, 0) is 25.8 Å². The van der Waals surface area contributed by atoms with Crippen LogP contribution in [0.15, 0.2) is 18.2 Å². The Morgan fingerprint density at radius 2 is 2.27 bits per heavy atom. The van der Waals surface area contributed by atoms with Crippen LogP contribution in [0.25, 0.3) is 0 Å². The summed E-state index contributed by atoms with van der Waals surface area (Å²) in [4.78, 5) is 25.0. The number of rotatable bonds is 4. The number of carbonyl (C=O) groups is 1. The van der Waals surface area contributed by atoms with Gasteiger partial charge in [-0.15, -0.1) is 0 Å². The van der Waals surface area contributed by atoms with E-state index in [1.54, 1.807) is 25.0 Å². The average Bonchev–Trinajstić information content (AvgIpc) is 2.53. The van der Waals surface area contributed by atoms with Gasteiger partial charge in [-0.2, -0.15) is 0 Å². The maximum absolute atomic E-state index is 12.8. The van der Waals surface area contributed by atoms with Crippen molar-refractivity contribution in [2.45, 2.75) is 31.9 Å². The lowest BCUT2D eigenvalue weighted by Gasteiger charge is -2.38. The van der Waals surface area contributed by atoms with Gasteiger partial charge in [0.2, 0.25) is 0 Å². The lowest BCUT2D eigenvalue weighted by molar-refractivity contribution is -0.385. The van der Waals surface area contributed by atoms with Crippen molar-refractivity contribution < 1.29 is 14.5 Å². The lowest BCUT2D eigenvalue weighted by Crippen LogP contribution is -2.51. The van der Waals surface area contributed by atoms with Crippen LogP contribution in [0.5, 0.6) is 0 Å². The van der Waals surface area contributed by atoms with Crippen molar-refractivity contribution in [1.82, 2.24) is 4.90 Å². The Bertz CT molecular complexity index is 576. The molecule has 1 aliphatic heterocycles. The zero-order chi connectivity index (χ0) is 16.3. The zero-order valence-corrected chi connectivity index (χ0v) is 12.8. The normalized spacial score (nSPS) is 21.7. The predicted molar refractivity (Wildman–Crippen MR) is 81.7 cm³/mol. The van der Waals surface area contributed by atoms with Gasteiger partial charge in [0.1, 0.15) is 0 Å². The zero-order valence-electron chi connectivity index (χ0n) is 12.8. The van der Waals surface area contributed by atoms with Gasteiger partial charge in [0, 0.05) is 43.4 Å². The third-order valence-electron chi connectivity index (χ3n) is 4.27. The summed E-state index contributed by atoms with van der Waals surface area (Å²) in [5.74, 6) is -0.203. The number of nitro groups is 1. The number of likely N-dealkylation sites (tertiary alicyclic amines) is 1. The maximum atomic E-state index is 12.8. The van der Waals surface area contributed by atoms with Gasteiger partial charge in [0.15, 0.2) is 0 Å². The molecule has 0 aromatic heterocycles. The number of methoxy groups -OCH3 is 1. The minimum Gasteiger partial charge on any atom is -0.381 e.